The van der Waals surface area contributed by atoms with Gasteiger partial charge in [-0.25, -0.2) is 9.37 Å². The van der Waals surface area contributed by atoms with Crippen LogP contribution in [0.3, 0.4) is 0 Å². The van der Waals surface area contributed by atoms with Gasteiger partial charge in [0.25, 0.3) is 0 Å². The first-order valence-electron chi connectivity index (χ1n) is 10.2. The zero-order valence-electron chi connectivity index (χ0n) is 16.0. The molecule has 28 heavy (non-hydrogen) atoms. The van der Waals surface area contributed by atoms with Crippen LogP contribution in [0.2, 0.25) is 0 Å². The highest BCUT2D eigenvalue weighted by Crippen LogP contribution is 2.45. The molecule has 1 aromatic heterocycles. The van der Waals surface area contributed by atoms with E-state index in [2.05, 4.69) is 15.6 Å². The standard InChI is InChI=1S/C22H27F2N3O/c23-17-3-4-18(21(12-17)28-14-16-2-1-8-27-22(16)24)19-13-20(19)26-11-7-15-5-9-25-10-6-15/h1-4,8,12,15,19-20,25-26H,5-7,9-11,13-14H2. The molecule has 1 aliphatic carbocycles. The normalized spacial score (nSPS) is 22.2. The maximum absolute atomic E-state index is 13.8. The third kappa shape index (κ3) is 4.86. The molecule has 0 radical (unpaired) electrons. The van der Waals surface area contributed by atoms with Gasteiger partial charge in [-0.1, -0.05) is 6.07 Å². The molecule has 4 nitrogen and oxygen atoms in total. The zero-order chi connectivity index (χ0) is 19.3. The molecule has 150 valence electrons. The van der Waals surface area contributed by atoms with Gasteiger partial charge >= 0.3 is 0 Å². The number of ether oxygens (including phenoxy) is 1. The van der Waals surface area contributed by atoms with Crippen molar-refractivity contribution in [2.45, 2.75) is 44.2 Å². The fourth-order valence-electron chi connectivity index (χ4n) is 4.03. The molecular weight excluding hydrogens is 360 g/mol. The quantitative estimate of drug-likeness (QED) is 0.677. The molecule has 2 aliphatic rings. The predicted molar refractivity (Wildman–Crippen MR) is 104 cm³/mol. The summed E-state index contributed by atoms with van der Waals surface area (Å²) >= 11 is 0. The fraction of sp³-hybridized carbons (Fsp3) is 0.500. The molecule has 1 aliphatic heterocycles. The highest BCUT2D eigenvalue weighted by atomic mass is 19.1. The van der Waals surface area contributed by atoms with Gasteiger partial charge in [0.05, 0.1) is 0 Å². The van der Waals surface area contributed by atoms with E-state index in [1.54, 1.807) is 18.2 Å². The van der Waals surface area contributed by atoms with Crippen molar-refractivity contribution in [3.05, 3.63) is 59.4 Å². The summed E-state index contributed by atoms with van der Waals surface area (Å²) < 4.78 is 33.3. The molecule has 6 heteroatoms. The number of hydrogen-bond donors (Lipinski definition) is 2. The van der Waals surface area contributed by atoms with Crippen molar-refractivity contribution in [3.63, 3.8) is 0 Å². The highest BCUT2D eigenvalue weighted by molar-refractivity contribution is 5.41. The smallest absolute Gasteiger partial charge is 0.219 e. The van der Waals surface area contributed by atoms with Gasteiger partial charge in [-0.15, -0.1) is 0 Å². The van der Waals surface area contributed by atoms with Crippen LogP contribution < -0.4 is 15.4 Å². The van der Waals surface area contributed by atoms with Gasteiger partial charge in [-0.3, -0.25) is 0 Å². The van der Waals surface area contributed by atoms with E-state index in [0.29, 0.717) is 23.3 Å². The summed E-state index contributed by atoms with van der Waals surface area (Å²) in [6.45, 7) is 3.32. The molecule has 0 amide bonds. The van der Waals surface area contributed by atoms with Crippen LogP contribution in [0.1, 0.15) is 42.7 Å². The zero-order valence-corrected chi connectivity index (χ0v) is 16.0. The van der Waals surface area contributed by atoms with Crippen LogP contribution in [0.5, 0.6) is 5.75 Å². The largest absolute Gasteiger partial charge is 0.488 e. The Labute approximate surface area is 164 Å². The van der Waals surface area contributed by atoms with E-state index >= 15 is 0 Å². The summed E-state index contributed by atoms with van der Waals surface area (Å²) in [6, 6.07) is 8.36. The van der Waals surface area contributed by atoms with Crippen molar-refractivity contribution in [2.75, 3.05) is 19.6 Å². The number of hydrogen-bond acceptors (Lipinski definition) is 4. The van der Waals surface area contributed by atoms with E-state index in [0.717, 1.165) is 37.5 Å². The average Bonchev–Trinajstić information content (AvgIpc) is 3.47. The lowest BCUT2D eigenvalue weighted by Crippen LogP contribution is -2.30. The molecule has 0 bridgehead atoms. The molecule has 2 fully saturated rings. The highest BCUT2D eigenvalue weighted by Gasteiger charge is 2.39. The third-order valence-electron chi connectivity index (χ3n) is 5.80. The van der Waals surface area contributed by atoms with Crippen LogP contribution in [-0.4, -0.2) is 30.7 Å². The lowest BCUT2D eigenvalue weighted by atomic mass is 9.95. The maximum atomic E-state index is 13.8. The predicted octanol–water partition coefficient (Wildman–Crippen LogP) is 3.77. The molecule has 1 saturated carbocycles. The second-order valence-electron chi connectivity index (χ2n) is 7.81. The minimum atomic E-state index is -0.552. The van der Waals surface area contributed by atoms with Crippen molar-refractivity contribution >= 4 is 0 Å². The minimum Gasteiger partial charge on any atom is -0.488 e. The van der Waals surface area contributed by atoms with Crippen molar-refractivity contribution in [1.29, 1.82) is 0 Å². The van der Waals surface area contributed by atoms with Gasteiger partial charge < -0.3 is 15.4 Å². The van der Waals surface area contributed by atoms with Crippen molar-refractivity contribution in [2.24, 2.45) is 5.92 Å². The Kier molecular flexibility index (Phi) is 6.17. The van der Waals surface area contributed by atoms with Crippen molar-refractivity contribution in [3.8, 4) is 5.75 Å². The molecule has 2 aromatic rings. The van der Waals surface area contributed by atoms with E-state index in [-0.39, 0.29) is 12.4 Å². The Morgan fingerprint density at radius 1 is 1.18 bits per heavy atom. The molecular formula is C22H27F2N3O. The first-order valence-corrected chi connectivity index (χ1v) is 10.2. The topological polar surface area (TPSA) is 46.2 Å². The first-order chi connectivity index (χ1) is 13.7. The number of rotatable bonds is 8. The summed E-state index contributed by atoms with van der Waals surface area (Å²) in [5.41, 5.74) is 1.36. The van der Waals surface area contributed by atoms with Crippen LogP contribution in [0, 0.1) is 17.7 Å². The SMILES string of the molecule is Fc1ccc(C2CC2NCCC2CCNCC2)c(OCc2cccnc2F)c1. The molecule has 0 spiro atoms. The Morgan fingerprint density at radius 3 is 2.86 bits per heavy atom. The number of nitrogens with one attached hydrogen (secondary N) is 2. The van der Waals surface area contributed by atoms with Crippen LogP contribution in [0.15, 0.2) is 36.5 Å². The van der Waals surface area contributed by atoms with Gasteiger partial charge in [0, 0.05) is 29.8 Å². The molecule has 1 saturated heterocycles. The molecule has 2 atom stereocenters. The second kappa shape index (κ2) is 8.97. The summed E-state index contributed by atoms with van der Waals surface area (Å²) in [5, 5.41) is 7.04. The molecule has 4 rings (SSSR count). The van der Waals surface area contributed by atoms with Crippen LogP contribution in [-0.2, 0) is 6.61 Å². The Balaban J connectivity index is 1.32. The van der Waals surface area contributed by atoms with Crippen LogP contribution in [0.25, 0.3) is 0 Å². The van der Waals surface area contributed by atoms with Gasteiger partial charge in [0.2, 0.25) is 5.95 Å². The van der Waals surface area contributed by atoms with Gasteiger partial charge in [-0.05, 0) is 75.0 Å². The molecule has 2 heterocycles. The Morgan fingerprint density at radius 2 is 2.04 bits per heavy atom. The summed E-state index contributed by atoms with van der Waals surface area (Å²) in [6.07, 6.45) is 6.15. The monoisotopic (exact) mass is 387 g/mol. The van der Waals surface area contributed by atoms with Gasteiger partial charge in [-0.2, -0.15) is 4.39 Å². The van der Waals surface area contributed by atoms with E-state index in [9.17, 15) is 8.78 Å². The van der Waals surface area contributed by atoms with E-state index in [1.165, 1.54) is 37.6 Å². The number of halogens is 2. The lowest BCUT2D eigenvalue weighted by Gasteiger charge is -2.22. The number of pyridine rings is 1. The minimum absolute atomic E-state index is 0.0384. The lowest BCUT2D eigenvalue weighted by molar-refractivity contribution is 0.293. The first kappa shape index (κ1) is 19.3. The third-order valence-corrected chi connectivity index (χ3v) is 5.80. The molecule has 2 unspecified atom stereocenters. The summed E-state index contributed by atoms with van der Waals surface area (Å²) in [5.74, 6) is 0.731. The molecule has 2 N–H and O–H groups in total. The van der Waals surface area contributed by atoms with Gasteiger partial charge in [0.15, 0.2) is 0 Å². The number of piperidine rings is 1. The second-order valence-corrected chi connectivity index (χ2v) is 7.81. The summed E-state index contributed by atoms with van der Waals surface area (Å²) in [7, 11) is 0. The number of nitrogens with zero attached hydrogens (tertiary/aromatic N) is 1. The summed E-state index contributed by atoms with van der Waals surface area (Å²) in [4.78, 5) is 3.63. The van der Waals surface area contributed by atoms with Crippen molar-refractivity contribution < 1.29 is 13.5 Å². The van der Waals surface area contributed by atoms with E-state index in [4.69, 9.17) is 4.74 Å². The average molecular weight is 387 g/mol. The molecule has 1 aromatic carbocycles. The van der Waals surface area contributed by atoms with Crippen molar-refractivity contribution in [1.82, 2.24) is 15.6 Å². The fourth-order valence-corrected chi connectivity index (χ4v) is 4.03. The Hall–Kier alpha value is -2.05. The Bertz CT molecular complexity index is 795. The van der Waals surface area contributed by atoms with Crippen LogP contribution in [0.4, 0.5) is 8.78 Å². The number of benzene rings is 1. The maximum Gasteiger partial charge on any atom is 0.219 e. The van der Waals surface area contributed by atoms with Gasteiger partial charge in [0.1, 0.15) is 18.2 Å². The van der Waals surface area contributed by atoms with Crippen LogP contribution >= 0.6 is 0 Å². The number of aromatic nitrogens is 1. The van der Waals surface area contributed by atoms with E-state index in [1.807, 2.05) is 0 Å². The van der Waals surface area contributed by atoms with E-state index < -0.39 is 5.95 Å².